The predicted molar refractivity (Wildman–Crippen MR) is 55.4 cm³/mol. The van der Waals surface area contributed by atoms with Crippen LogP contribution in [0.1, 0.15) is 23.7 Å². The normalized spacial score (nSPS) is 11.0. The van der Waals surface area contributed by atoms with Crippen LogP contribution in [0.5, 0.6) is 0 Å². The van der Waals surface area contributed by atoms with Crippen LogP contribution in [-0.2, 0) is 6.42 Å². The number of aryl methyl sites for hydroxylation is 3. The molecule has 0 amide bonds. The van der Waals surface area contributed by atoms with Crippen LogP contribution in [0, 0.1) is 13.8 Å². The number of aromatic nitrogens is 1. The molecule has 70 valence electrons. The molecule has 1 aromatic heterocycles. The second-order valence-corrected chi connectivity index (χ2v) is 3.01. The second kappa shape index (κ2) is 4.03. The minimum absolute atomic E-state index is 0.744. The van der Waals surface area contributed by atoms with E-state index in [1.54, 1.807) is 0 Å². The van der Waals surface area contributed by atoms with Gasteiger partial charge < -0.3 is 5.73 Å². The van der Waals surface area contributed by atoms with Gasteiger partial charge in [0.1, 0.15) is 0 Å². The van der Waals surface area contributed by atoms with E-state index in [9.17, 15) is 0 Å². The highest BCUT2D eigenvalue weighted by Crippen LogP contribution is 2.19. The van der Waals surface area contributed by atoms with Crippen LogP contribution in [0.3, 0.4) is 0 Å². The number of nitrogens with two attached hydrogens (primary N) is 1. The lowest BCUT2D eigenvalue weighted by Crippen LogP contribution is -1.95. The van der Waals surface area contributed by atoms with Crippen LogP contribution in [-0.4, -0.2) is 11.3 Å². The highest BCUT2D eigenvalue weighted by atomic mass is 14.9. The van der Waals surface area contributed by atoms with Crippen LogP contribution < -0.4 is 5.73 Å². The smallest absolute Gasteiger partial charge is 0.156 e. The molecule has 3 nitrogen and oxygen atoms in total. The first-order valence-electron chi connectivity index (χ1n) is 4.40. The van der Waals surface area contributed by atoms with Gasteiger partial charge in [-0.2, -0.15) is 0 Å². The highest BCUT2D eigenvalue weighted by Gasteiger charge is 2.03. The quantitative estimate of drug-likeness (QED) is 0.554. The molecule has 0 spiro atoms. The Balaban J connectivity index is 3.24. The molecule has 0 unspecified atom stereocenters. The van der Waals surface area contributed by atoms with Crippen molar-refractivity contribution >= 4 is 12.2 Å². The summed E-state index contributed by atoms with van der Waals surface area (Å²) in [6, 6.07) is 2.12. The first kappa shape index (κ1) is 9.71. The third-order valence-corrected chi connectivity index (χ3v) is 2.10. The first-order valence-corrected chi connectivity index (χ1v) is 4.40. The number of hydrogen-bond donors (Lipinski definition) is 1. The van der Waals surface area contributed by atoms with E-state index in [-0.39, 0.29) is 0 Å². The number of hydrogen-bond acceptors (Lipinski definition) is 2. The molecule has 0 radical (unpaired) electrons. The van der Waals surface area contributed by atoms with Crippen molar-refractivity contribution in [3.8, 4) is 0 Å². The highest BCUT2D eigenvalue weighted by molar-refractivity contribution is 5.59. The minimum atomic E-state index is 0.744. The fourth-order valence-electron chi connectivity index (χ4n) is 1.19. The lowest BCUT2D eigenvalue weighted by Gasteiger charge is -2.05. The van der Waals surface area contributed by atoms with Crippen LogP contribution >= 0.6 is 0 Å². The Kier molecular flexibility index (Phi) is 3.01. The van der Waals surface area contributed by atoms with Gasteiger partial charge in [0.15, 0.2) is 5.82 Å². The van der Waals surface area contributed by atoms with Crippen molar-refractivity contribution in [1.82, 2.24) is 4.98 Å². The Labute approximate surface area is 78.7 Å². The number of aliphatic imine (C=N–C) groups is 1. The average Bonchev–Trinajstić information content (AvgIpc) is 2.11. The van der Waals surface area contributed by atoms with Gasteiger partial charge in [-0.3, -0.25) is 0 Å². The number of rotatable bonds is 2. The maximum atomic E-state index is 5.24. The molecule has 0 atom stereocenters. The molecule has 1 aromatic rings. The fraction of sp³-hybridized carbons (Fsp3) is 0.400. The van der Waals surface area contributed by atoms with Gasteiger partial charge in [0.25, 0.3) is 0 Å². The van der Waals surface area contributed by atoms with Crippen molar-refractivity contribution in [1.29, 1.82) is 0 Å². The Morgan fingerprint density at radius 1 is 1.54 bits per heavy atom. The Morgan fingerprint density at radius 3 is 2.77 bits per heavy atom. The van der Waals surface area contributed by atoms with E-state index >= 15 is 0 Å². The van der Waals surface area contributed by atoms with Gasteiger partial charge in [0.2, 0.25) is 0 Å². The summed E-state index contributed by atoms with van der Waals surface area (Å²) in [5.74, 6) is 0.744. The second-order valence-electron chi connectivity index (χ2n) is 3.01. The van der Waals surface area contributed by atoms with E-state index < -0.39 is 0 Å². The lowest BCUT2D eigenvalue weighted by molar-refractivity contribution is 1.05. The van der Waals surface area contributed by atoms with Gasteiger partial charge >= 0.3 is 0 Å². The molecular weight excluding hydrogens is 162 g/mol. The van der Waals surface area contributed by atoms with E-state index in [1.807, 2.05) is 6.92 Å². The predicted octanol–water partition coefficient (Wildman–Crippen LogP) is 1.88. The van der Waals surface area contributed by atoms with Crippen molar-refractivity contribution in [2.45, 2.75) is 27.2 Å². The van der Waals surface area contributed by atoms with E-state index in [0.717, 1.165) is 23.5 Å². The number of pyridine rings is 1. The van der Waals surface area contributed by atoms with Crippen LogP contribution in [0.15, 0.2) is 11.1 Å². The first-order chi connectivity index (χ1) is 6.19. The summed E-state index contributed by atoms with van der Waals surface area (Å²) in [4.78, 5) is 8.38. The van der Waals surface area contributed by atoms with Gasteiger partial charge in [-0.1, -0.05) is 13.0 Å². The average molecular weight is 177 g/mol. The van der Waals surface area contributed by atoms with E-state index in [2.05, 4.69) is 29.9 Å². The van der Waals surface area contributed by atoms with Crippen molar-refractivity contribution in [3.05, 3.63) is 22.9 Å². The van der Waals surface area contributed by atoms with Gasteiger partial charge in [-0.15, -0.1) is 0 Å². The summed E-state index contributed by atoms with van der Waals surface area (Å²) >= 11 is 0. The Morgan fingerprint density at radius 2 is 2.23 bits per heavy atom. The largest absolute Gasteiger partial charge is 0.390 e. The summed E-state index contributed by atoms with van der Waals surface area (Å²) in [6.45, 7) is 6.11. The standard InChI is InChI=1S/C10H15N3/c1-4-9-5-7(2)8(3)13-10(9)12-6-11/h5-6H,4H2,1-3H3,(H2,11,12,13). The molecule has 3 heteroatoms. The van der Waals surface area contributed by atoms with Crippen molar-refractivity contribution < 1.29 is 0 Å². The Hall–Kier alpha value is -1.38. The molecule has 0 saturated carbocycles. The van der Waals surface area contributed by atoms with Gasteiger partial charge in [-0.25, -0.2) is 9.98 Å². The topological polar surface area (TPSA) is 51.3 Å². The summed E-state index contributed by atoms with van der Waals surface area (Å²) in [6.07, 6.45) is 2.22. The third kappa shape index (κ3) is 2.05. The zero-order valence-electron chi connectivity index (χ0n) is 8.33. The minimum Gasteiger partial charge on any atom is -0.390 e. The van der Waals surface area contributed by atoms with E-state index in [0.29, 0.717) is 0 Å². The molecule has 1 rings (SSSR count). The third-order valence-electron chi connectivity index (χ3n) is 2.10. The molecule has 2 N–H and O–H groups in total. The molecule has 0 fully saturated rings. The summed E-state index contributed by atoms with van der Waals surface area (Å²) < 4.78 is 0. The van der Waals surface area contributed by atoms with Crippen LogP contribution in [0.25, 0.3) is 0 Å². The van der Waals surface area contributed by atoms with E-state index in [1.165, 1.54) is 11.9 Å². The summed E-state index contributed by atoms with van der Waals surface area (Å²) in [5, 5.41) is 0. The van der Waals surface area contributed by atoms with E-state index in [4.69, 9.17) is 5.73 Å². The molecule has 0 aromatic carbocycles. The maximum absolute atomic E-state index is 5.24. The monoisotopic (exact) mass is 177 g/mol. The molecule has 0 bridgehead atoms. The van der Waals surface area contributed by atoms with Crippen molar-refractivity contribution in [2.24, 2.45) is 10.7 Å². The molecule has 0 aliphatic heterocycles. The molecular formula is C10H15N3. The number of nitrogens with zero attached hydrogens (tertiary/aromatic N) is 2. The fourth-order valence-corrected chi connectivity index (χ4v) is 1.19. The van der Waals surface area contributed by atoms with Crippen LogP contribution in [0.2, 0.25) is 0 Å². The molecule has 0 saturated heterocycles. The lowest BCUT2D eigenvalue weighted by atomic mass is 10.1. The Bertz CT molecular complexity index is 329. The van der Waals surface area contributed by atoms with Gasteiger partial charge in [0, 0.05) is 5.69 Å². The van der Waals surface area contributed by atoms with Crippen LogP contribution in [0.4, 0.5) is 5.82 Å². The van der Waals surface area contributed by atoms with Gasteiger partial charge in [-0.05, 0) is 31.4 Å². The molecule has 0 aliphatic rings. The zero-order valence-corrected chi connectivity index (χ0v) is 8.33. The zero-order chi connectivity index (χ0) is 9.84. The SMILES string of the molecule is CCc1cc(C)c(C)nc1N=CN. The van der Waals surface area contributed by atoms with Crippen molar-refractivity contribution in [2.75, 3.05) is 0 Å². The molecule has 1 heterocycles. The maximum Gasteiger partial charge on any atom is 0.156 e. The van der Waals surface area contributed by atoms with Gasteiger partial charge in [0.05, 0.1) is 6.34 Å². The summed E-state index contributed by atoms with van der Waals surface area (Å²) in [5.41, 5.74) is 8.60. The molecule has 13 heavy (non-hydrogen) atoms. The van der Waals surface area contributed by atoms with Crippen molar-refractivity contribution in [3.63, 3.8) is 0 Å². The summed E-state index contributed by atoms with van der Waals surface area (Å²) in [7, 11) is 0. The molecule has 0 aliphatic carbocycles.